The first-order chi connectivity index (χ1) is 15.5. The first kappa shape index (κ1) is 22.4. The molecule has 2 aromatic carbocycles. The first-order valence-electron chi connectivity index (χ1n) is 9.94. The van der Waals surface area contributed by atoms with Crippen molar-refractivity contribution in [3.8, 4) is 11.8 Å². The third-order valence-electron chi connectivity index (χ3n) is 5.59. The number of hydrogen-bond donors (Lipinski definition) is 2. The van der Waals surface area contributed by atoms with Crippen LogP contribution in [0, 0.1) is 11.3 Å². The summed E-state index contributed by atoms with van der Waals surface area (Å²) in [6.07, 6.45) is -5.26. The molecule has 0 saturated carbocycles. The zero-order valence-electron chi connectivity index (χ0n) is 17.6. The molecule has 33 heavy (non-hydrogen) atoms. The van der Waals surface area contributed by atoms with E-state index >= 15 is 0 Å². The van der Waals surface area contributed by atoms with Gasteiger partial charge in [0.15, 0.2) is 0 Å². The second-order valence-electron chi connectivity index (χ2n) is 8.14. The van der Waals surface area contributed by atoms with E-state index < -0.39 is 40.9 Å². The average Bonchev–Trinajstić information content (AvgIpc) is 2.95. The van der Waals surface area contributed by atoms with Crippen molar-refractivity contribution >= 4 is 29.0 Å². The highest BCUT2D eigenvalue weighted by Gasteiger charge is 2.53. The number of amides is 3. The molecule has 3 amide bonds. The molecule has 2 aliphatic heterocycles. The van der Waals surface area contributed by atoms with Crippen LogP contribution in [-0.4, -0.2) is 41.8 Å². The Morgan fingerprint density at radius 3 is 2.55 bits per heavy atom. The number of alkyl halides is 3. The number of benzene rings is 2. The summed E-state index contributed by atoms with van der Waals surface area (Å²) in [7, 11) is 0. The molecule has 172 valence electrons. The minimum absolute atomic E-state index is 0.181. The molecule has 2 aliphatic rings. The van der Waals surface area contributed by atoms with Crippen molar-refractivity contribution in [2.24, 2.45) is 0 Å². The fourth-order valence-corrected chi connectivity index (χ4v) is 3.90. The quantitative estimate of drug-likeness (QED) is 0.680. The highest BCUT2D eigenvalue weighted by atomic mass is 19.4. The van der Waals surface area contributed by atoms with Crippen molar-refractivity contribution < 1.29 is 32.6 Å². The maximum Gasteiger partial charge on any atom is 0.417 e. The third-order valence-corrected chi connectivity index (χ3v) is 5.59. The summed E-state index contributed by atoms with van der Waals surface area (Å²) >= 11 is 0. The SMILES string of the molecule is CC1(C)C(=O)N(c2ccc(C#N)c(C(F)(F)F)c2)C(=O)N1c1ccc2c(c1)NC[C@@H](CO)O2. The Hall–Kier alpha value is -3.78. The van der Waals surface area contributed by atoms with Crippen LogP contribution >= 0.6 is 0 Å². The van der Waals surface area contributed by atoms with Crippen LogP contribution < -0.4 is 19.9 Å². The van der Waals surface area contributed by atoms with Gasteiger partial charge in [-0.25, -0.2) is 9.69 Å². The van der Waals surface area contributed by atoms with E-state index in [0.29, 0.717) is 34.6 Å². The normalized spacial score (nSPS) is 19.6. The zero-order valence-corrected chi connectivity index (χ0v) is 17.6. The number of nitrogens with zero attached hydrogens (tertiary/aromatic N) is 3. The molecule has 1 saturated heterocycles. The standard InChI is InChI=1S/C22H19F3N4O4/c1-21(2)19(31)28(13-4-3-12(9-26)16(7-13)22(23,24)25)20(32)29(21)14-5-6-18-17(8-14)27-10-15(11-30)33-18/h3-8,15,27,30H,10-11H2,1-2H3/t15-/m0/s1. The molecule has 0 unspecified atom stereocenters. The van der Waals surface area contributed by atoms with Crippen molar-refractivity contribution in [2.75, 3.05) is 28.3 Å². The first-order valence-corrected chi connectivity index (χ1v) is 9.94. The number of fused-ring (bicyclic) bond motifs is 1. The van der Waals surface area contributed by atoms with Crippen LogP contribution in [0.2, 0.25) is 0 Å². The number of carbonyl (C=O) groups excluding carboxylic acids is 2. The van der Waals surface area contributed by atoms with E-state index in [2.05, 4.69) is 5.32 Å². The van der Waals surface area contributed by atoms with Crippen LogP contribution in [0.25, 0.3) is 0 Å². The average molecular weight is 460 g/mol. The minimum atomic E-state index is -4.83. The smallest absolute Gasteiger partial charge is 0.417 e. The van der Waals surface area contributed by atoms with E-state index in [9.17, 15) is 27.9 Å². The number of hydrogen-bond acceptors (Lipinski definition) is 6. The number of imide groups is 1. The number of halogens is 3. The van der Waals surface area contributed by atoms with Crippen molar-refractivity contribution in [3.63, 3.8) is 0 Å². The number of anilines is 3. The van der Waals surface area contributed by atoms with E-state index in [4.69, 9.17) is 10.00 Å². The number of urea groups is 1. The van der Waals surface area contributed by atoms with Crippen molar-refractivity contribution in [3.05, 3.63) is 47.5 Å². The summed E-state index contributed by atoms with van der Waals surface area (Å²) in [5.74, 6) is -0.258. The maximum absolute atomic E-state index is 13.4. The summed E-state index contributed by atoms with van der Waals surface area (Å²) in [4.78, 5) is 28.3. The molecule has 2 heterocycles. The van der Waals surface area contributed by atoms with Gasteiger partial charge in [0.25, 0.3) is 5.91 Å². The number of rotatable bonds is 3. The van der Waals surface area contributed by atoms with Crippen LogP contribution in [-0.2, 0) is 11.0 Å². The Bertz CT molecular complexity index is 1190. The minimum Gasteiger partial charge on any atom is -0.484 e. The second kappa shape index (κ2) is 7.67. The maximum atomic E-state index is 13.4. The molecule has 11 heteroatoms. The number of carbonyl (C=O) groups is 2. The van der Waals surface area contributed by atoms with E-state index in [1.54, 1.807) is 18.2 Å². The summed E-state index contributed by atoms with van der Waals surface area (Å²) in [5.41, 5.74) is -2.64. The second-order valence-corrected chi connectivity index (χ2v) is 8.14. The van der Waals surface area contributed by atoms with E-state index in [1.807, 2.05) is 0 Å². The molecule has 2 aromatic rings. The molecule has 1 atom stereocenters. The van der Waals surface area contributed by atoms with E-state index in [0.717, 1.165) is 12.1 Å². The fourth-order valence-electron chi connectivity index (χ4n) is 3.90. The molecule has 0 spiro atoms. The number of aliphatic hydroxyl groups excluding tert-OH is 1. The number of nitrogens with one attached hydrogen (secondary N) is 1. The topological polar surface area (TPSA) is 106 Å². The largest absolute Gasteiger partial charge is 0.484 e. The molecule has 8 nitrogen and oxygen atoms in total. The molecule has 2 N–H and O–H groups in total. The molecular weight excluding hydrogens is 441 g/mol. The lowest BCUT2D eigenvalue weighted by atomic mass is 10.0. The predicted molar refractivity (Wildman–Crippen MR) is 112 cm³/mol. The van der Waals surface area contributed by atoms with Gasteiger partial charge in [0, 0.05) is 5.69 Å². The van der Waals surface area contributed by atoms with Gasteiger partial charge in [-0.1, -0.05) is 0 Å². The van der Waals surface area contributed by atoms with Crippen LogP contribution in [0.3, 0.4) is 0 Å². The lowest BCUT2D eigenvalue weighted by Crippen LogP contribution is -2.44. The molecule has 0 radical (unpaired) electrons. The molecule has 0 bridgehead atoms. The molecule has 1 fully saturated rings. The van der Waals surface area contributed by atoms with Crippen LogP contribution in [0.5, 0.6) is 5.75 Å². The van der Waals surface area contributed by atoms with Gasteiger partial charge in [0.1, 0.15) is 17.4 Å². The summed E-state index contributed by atoms with van der Waals surface area (Å²) < 4.78 is 45.9. The van der Waals surface area contributed by atoms with Crippen LogP contribution in [0.15, 0.2) is 36.4 Å². The number of aliphatic hydroxyl groups is 1. The highest BCUT2D eigenvalue weighted by molar-refractivity contribution is 6.30. The van der Waals surface area contributed by atoms with Crippen LogP contribution in [0.1, 0.15) is 25.0 Å². The fraction of sp³-hybridized carbons (Fsp3) is 0.318. The van der Waals surface area contributed by atoms with Crippen molar-refractivity contribution in [1.29, 1.82) is 5.26 Å². The van der Waals surface area contributed by atoms with Gasteiger partial charge in [-0.05, 0) is 50.2 Å². The Kier molecular flexibility index (Phi) is 5.21. The van der Waals surface area contributed by atoms with E-state index in [1.165, 1.54) is 24.8 Å². The summed E-state index contributed by atoms with van der Waals surface area (Å²) in [6.45, 7) is 3.14. The molecule has 4 rings (SSSR count). The molecule has 0 aliphatic carbocycles. The van der Waals surface area contributed by atoms with Crippen molar-refractivity contribution in [2.45, 2.75) is 31.7 Å². The summed E-state index contributed by atoms with van der Waals surface area (Å²) in [6, 6.07) is 8.09. The lowest BCUT2D eigenvalue weighted by molar-refractivity contribution is -0.137. The van der Waals surface area contributed by atoms with Gasteiger partial charge in [-0.2, -0.15) is 18.4 Å². The van der Waals surface area contributed by atoms with Gasteiger partial charge >= 0.3 is 12.2 Å². The Morgan fingerprint density at radius 2 is 1.91 bits per heavy atom. The van der Waals surface area contributed by atoms with Gasteiger partial charge < -0.3 is 15.2 Å². The Labute approximate surface area is 186 Å². The lowest BCUT2D eigenvalue weighted by Gasteiger charge is -2.30. The van der Waals surface area contributed by atoms with Gasteiger partial charge in [0.2, 0.25) is 0 Å². The Balaban J connectivity index is 1.74. The van der Waals surface area contributed by atoms with Crippen molar-refractivity contribution in [1.82, 2.24) is 0 Å². The number of ether oxygens (including phenoxy) is 1. The number of nitriles is 1. The van der Waals surface area contributed by atoms with Gasteiger partial charge in [-0.3, -0.25) is 9.69 Å². The predicted octanol–water partition coefficient (Wildman–Crippen LogP) is 3.49. The highest BCUT2D eigenvalue weighted by Crippen LogP contribution is 2.41. The molecular formula is C22H19F3N4O4. The Morgan fingerprint density at radius 1 is 1.21 bits per heavy atom. The van der Waals surface area contributed by atoms with Gasteiger partial charge in [-0.15, -0.1) is 0 Å². The monoisotopic (exact) mass is 460 g/mol. The summed E-state index contributed by atoms with van der Waals surface area (Å²) in [5, 5.41) is 21.4. The van der Waals surface area contributed by atoms with E-state index in [-0.39, 0.29) is 12.3 Å². The zero-order chi connectivity index (χ0) is 24.1. The van der Waals surface area contributed by atoms with Crippen LogP contribution in [0.4, 0.5) is 35.0 Å². The van der Waals surface area contributed by atoms with Gasteiger partial charge in [0.05, 0.1) is 41.7 Å². The third kappa shape index (κ3) is 3.62. The molecule has 0 aromatic heterocycles.